The zero-order chi connectivity index (χ0) is 11.4. The van der Waals surface area contributed by atoms with Gasteiger partial charge < -0.3 is 10.6 Å². The summed E-state index contributed by atoms with van der Waals surface area (Å²) in [6, 6.07) is -1.03. The van der Waals surface area contributed by atoms with Crippen LogP contribution >= 0.6 is 0 Å². The lowest BCUT2D eigenvalue weighted by Gasteiger charge is -2.13. The number of halogens is 2. The quantitative estimate of drug-likeness (QED) is 0.623. The summed E-state index contributed by atoms with van der Waals surface area (Å²) in [5, 5.41) is 4.89. The number of nitrogens with one attached hydrogen (secondary N) is 2. The third kappa shape index (κ3) is 3.91. The standard InChI is InChI=1S/C9H14F2N2O2/c1-12-6(4-7(10)11)8(14)9(15)13-5-2-3-5/h5-7,12H,2-4H2,1H3,(H,13,15). The fourth-order valence-corrected chi connectivity index (χ4v) is 1.18. The monoisotopic (exact) mass is 220 g/mol. The molecule has 2 N–H and O–H groups in total. The summed E-state index contributed by atoms with van der Waals surface area (Å²) in [6.45, 7) is 0. The Hall–Kier alpha value is -1.04. The van der Waals surface area contributed by atoms with Crippen molar-refractivity contribution < 1.29 is 18.4 Å². The van der Waals surface area contributed by atoms with Gasteiger partial charge in [-0.1, -0.05) is 0 Å². The van der Waals surface area contributed by atoms with E-state index < -0.39 is 30.6 Å². The number of rotatable bonds is 6. The maximum atomic E-state index is 12.0. The normalized spacial score (nSPS) is 17.6. The van der Waals surface area contributed by atoms with Crippen molar-refractivity contribution >= 4 is 11.7 Å². The van der Waals surface area contributed by atoms with Gasteiger partial charge in [-0.15, -0.1) is 0 Å². The number of Topliss-reactive ketones (excluding diaryl/α,β-unsaturated/α-hetero) is 1. The Morgan fingerprint density at radius 3 is 2.40 bits per heavy atom. The molecule has 0 aromatic rings. The van der Waals surface area contributed by atoms with Gasteiger partial charge in [-0.2, -0.15) is 0 Å². The van der Waals surface area contributed by atoms with Crippen LogP contribution in [0, 0.1) is 0 Å². The van der Waals surface area contributed by atoms with Gasteiger partial charge in [-0.05, 0) is 19.9 Å². The van der Waals surface area contributed by atoms with Gasteiger partial charge >= 0.3 is 0 Å². The molecule has 1 fully saturated rings. The van der Waals surface area contributed by atoms with Crippen molar-refractivity contribution in [2.45, 2.75) is 37.8 Å². The zero-order valence-corrected chi connectivity index (χ0v) is 8.43. The van der Waals surface area contributed by atoms with E-state index in [0.29, 0.717) is 0 Å². The highest BCUT2D eigenvalue weighted by atomic mass is 19.3. The van der Waals surface area contributed by atoms with Crippen molar-refractivity contribution in [3.63, 3.8) is 0 Å². The van der Waals surface area contributed by atoms with E-state index in [1.54, 1.807) is 0 Å². The second kappa shape index (κ2) is 5.16. The molecule has 0 spiro atoms. The summed E-state index contributed by atoms with van der Waals surface area (Å²) in [4.78, 5) is 22.6. The van der Waals surface area contributed by atoms with Gasteiger partial charge in [0.05, 0.1) is 6.04 Å². The van der Waals surface area contributed by atoms with Crippen LogP contribution in [0.2, 0.25) is 0 Å². The van der Waals surface area contributed by atoms with Crippen molar-refractivity contribution in [3.05, 3.63) is 0 Å². The van der Waals surface area contributed by atoms with E-state index in [0.717, 1.165) is 12.8 Å². The van der Waals surface area contributed by atoms with Gasteiger partial charge in [-0.25, -0.2) is 8.78 Å². The molecule has 0 heterocycles. The molecule has 1 atom stereocenters. The first-order chi connectivity index (χ1) is 7.04. The Balaban J connectivity index is 2.43. The lowest BCUT2D eigenvalue weighted by atomic mass is 10.1. The van der Waals surface area contributed by atoms with Gasteiger partial charge in [0.15, 0.2) is 0 Å². The predicted molar refractivity (Wildman–Crippen MR) is 49.6 cm³/mol. The van der Waals surface area contributed by atoms with E-state index in [4.69, 9.17) is 0 Å². The van der Waals surface area contributed by atoms with Gasteiger partial charge in [0, 0.05) is 12.5 Å². The number of hydrogen-bond donors (Lipinski definition) is 2. The van der Waals surface area contributed by atoms with E-state index in [1.165, 1.54) is 7.05 Å². The third-order valence-electron chi connectivity index (χ3n) is 2.22. The number of carbonyl (C=O) groups excluding carboxylic acids is 2. The van der Waals surface area contributed by atoms with E-state index in [1.807, 2.05) is 0 Å². The number of ketones is 1. The molecule has 4 nitrogen and oxygen atoms in total. The van der Waals surface area contributed by atoms with Crippen LogP contribution in [0.25, 0.3) is 0 Å². The van der Waals surface area contributed by atoms with Crippen molar-refractivity contribution in [1.29, 1.82) is 0 Å². The Bertz CT molecular complexity index is 254. The van der Waals surface area contributed by atoms with Crippen molar-refractivity contribution in [2.75, 3.05) is 7.05 Å². The topological polar surface area (TPSA) is 58.2 Å². The SMILES string of the molecule is CNC(CC(F)F)C(=O)C(=O)NC1CC1. The van der Waals surface area contributed by atoms with Gasteiger partial charge in [0.25, 0.3) is 5.91 Å². The number of likely N-dealkylation sites (N-methyl/N-ethyl adjacent to an activating group) is 1. The zero-order valence-electron chi connectivity index (χ0n) is 8.43. The molecule has 0 radical (unpaired) electrons. The molecule has 0 aliphatic heterocycles. The van der Waals surface area contributed by atoms with E-state index in [9.17, 15) is 18.4 Å². The van der Waals surface area contributed by atoms with Crippen LogP contribution in [-0.2, 0) is 9.59 Å². The molecule has 1 unspecified atom stereocenters. The van der Waals surface area contributed by atoms with Crippen molar-refractivity contribution in [3.8, 4) is 0 Å². The average Bonchev–Trinajstić information content (AvgIpc) is 2.96. The highest BCUT2D eigenvalue weighted by molar-refractivity contribution is 6.38. The summed E-state index contributed by atoms with van der Waals surface area (Å²) in [6.07, 6.45) is -1.51. The van der Waals surface area contributed by atoms with E-state index in [2.05, 4.69) is 10.6 Å². The number of amides is 1. The first kappa shape index (κ1) is 12.0. The van der Waals surface area contributed by atoms with Crippen LogP contribution in [0.5, 0.6) is 0 Å². The molecular weight excluding hydrogens is 206 g/mol. The lowest BCUT2D eigenvalue weighted by Crippen LogP contribution is -2.45. The fourth-order valence-electron chi connectivity index (χ4n) is 1.18. The Morgan fingerprint density at radius 2 is 2.00 bits per heavy atom. The summed E-state index contributed by atoms with van der Waals surface area (Å²) < 4.78 is 24.1. The first-order valence-corrected chi connectivity index (χ1v) is 4.84. The minimum absolute atomic E-state index is 0.0607. The second-order valence-corrected chi connectivity index (χ2v) is 3.58. The molecular formula is C9H14F2N2O2. The molecule has 0 aromatic carbocycles. The summed E-state index contributed by atoms with van der Waals surface area (Å²) in [5.41, 5.74) is 0. The van der Waals surface area contributed by atoms with Crippen molar-refractivity contribution in [2.24, 2.45) is 0 Å². The maximum Gasteiger partial charge on any atom is 0.289 e. The smallest absolute Gasteiger partial charge is 0.289 e. The molecule has 0 saturated heterocycles. The Labute approximate surface area is 86.4 Å². The molecule has 1 rings (SSSR count). The average molecular weight is 220 g/mol. The number of hydrogen-bond acceptors (Lipinski definition) is 3. The summed E-state index contributed by atoms with van der Waals surface area (Å²) in [5.74, 6) is -1.58. The molecule has 1 amide bonds. The molecule has 6 heteroatoms. The third-order valence-corrected chi connectivity index (χ3v) is 2.22. The molecule has 0 aromatic heterocycles. The molecule has 1 aliphatic carbocycles. The lowest BCUT2D eigenvalue weighted by molar-refractivity contribution is -0.139. The van der Waals surface area contributed by atoms with Crippen LogP contribution in [0.15, 0.2) is 0 Å². The highest BCUT2D eigenvalue weighted by Crippen LogP contribution is 2.18. The molecule has 1 aliphatic rings. The highest BCUT2D eigenvalue weighted by Gasteiger charge is 2.31. The minimum atomic E-state index is -2.60. The van der Waals surface area contributed by atoms with Crippen molar-refractivity contribution in [1.82, 2.24) is 10.6 Å². The number of carbonyl (C=O) groups is 2. The summed E-state index contributed by atoms with van der Waals surface area (Å²) in [7, 11) is 1.38. The van der Waals surface area contributed by atoms with E-state index >= 15 is 0 Å². The van der Waals surface area contributed by atoms with Crippen LogP contribution in [0.1, 0.15) is 19.3 Å². The maximum absolute atomic E-state index is 12.0. The second-order valence-electron chi connectivity index (χ2n) is 3.58. The Morgan fingerprint density at radius 1 is 1.40 bits per heavy atom. The largest absolute Gasteiger partial charge is 0.347 e. The molecule has 0 bridgehead atoms. The Kier molecular flexibility index (Phi) is 4.14. The molecule has 15 heavy (non-hydrogen) atoms. The number of alkyl halides is 2. The molecule has 1 saturated carbocycles. The van der Waals surface area contributed by atoms with Gasteiger partial charge in [0.1, 0.15) is 0 Å². The van der Waals surface area contributed by atoms with E-state index in [-0.39, 0.29) is 6.04 Å². The minimum Gasteiger partial charge on any atom is -0.347 e. The van der Waals surface area contributed by atoms with Crippen LogP contribution < -0.4 is 10.6 Å². The van der Waals surface area contributed by atoms with Gasteiger partial charge in [0.2, 0.25) is 12.2 Å². The predicted octanol–water partition coefficient (Wildman–Crippen LogP) is 0.0773. The van der Waals surface area contributed by atoms with Crippen LogP contribution in [0.4, 0.5) is 8.78 Å². The van der Waals surface area contributed by atoms with Gasteiger partial charge in [-0.3, -0.25) is 9.59 Å². The first-order valence-electron chi connectivity index (χ1n) is 4.84. The fraction of sp³-hybridized carbons (Fsp3) is 0.778. The molecule has 86 valence electrons. The van der Waals surface area contributed by atoms with Crippen LogP contribution in [0.3, 0.4) is 0 Å². The van der Waals surface area contributed by atoms with Crippen LogP contribution in [-0.4, -0.2) is 37.2 Å². The summed E-state index contributed by atoms with van der Waals surface area (Å²) >= 11 is 0.